The molecule has 0 radical (unpaired) electrons. The predicted octanol–water partition coefficient (Wildman–Crippen LogP) is 4.78. The van der Waals surface area contributed by atoms with Crippen LogP contribution in [-0.2, 0) is 26.3 Å². The first-order valence-corrected chi connectivity index (χ1v) is 14.3. The van der Waals surface area contributed by atoms with Crippen LogP contribution in [0.1, 0.15) is 59.8 Å². The SMILES string of the molecule is CCC#CCOc1c(C)c(C)c(CNC(=O)c2c(OC)cc(O)c3c2OC2=CC(=O)C(C(C)=O)C(=O)[C@]23C)c2ccccc12. The van der Waals surface area contributed by atoms with Gasteiger partial charge in [0.25, 0.3) is 5.91 Å². The summed E-state index contributed by atoms with van der Waals surface area (Å²) in [6, 6.07) is 8.99. The standard InChI is InChI=1S/C35H33NO8/c1-7-8-11-14-43-31-19(3)18(2)23(21-12-9-10-13-22(21)31)17-36-34(41)29-26(42-6)15-25(39)30-32(29)44-27-16-24(38)28(20(4)37)33(40)35(27,30)5/h9-10,12-13,15-16,28,39H,7,14,17H2,1-6H3,(H,36,41)/t28?,35-/m1/s1. The molecule has 0 fully saturated rings. The number of allylic oxidation sites excluding steroid dienone is 2. The maximum Gasteiger partial charge on any atom is 0.259 e. The molecule has 226 valence electrons. The molecule has 2 atom stereocenters. The highest BCUT2D eigenvalue weighted by atomic mass is 16.5. The second-order valence-electron chi connectivity index (χ2n) is 11.0. The predicted molar refractivity (Wildman–Crippen MR) is 163 cm³/mol. The molecule has 1 heterocycles. The Labute approximate surface area is 255 Å². The zero-order valence-electron chi connectivity index (χ0n) is 25.5. The first-order chi connectivity index (χ1) is 21.0. The van der Waals surface area contributed by atoms with E-state index in [1.165, 1.54) is 27.0 Å². The summed E-state index contributed by atoms with van der Waals surface area (Å²) in [6.45, 7) is 8.92. The van der Waals surface area contributed by atoms with Crippen LogP contribution >= 0.6 is 0 Å². The molecule has 0 saturated carbocycles. The van der Waals surface area contributed by atoms with Crippen molar-refractivity contribution in [2.75, 3.05) is 13.7 Å². The third-order valence-corrected chi connectivity index (χ3v) is 8.46. The highest BCUT2D eigenvalue weighted by Gasteiger charge is 2.58. The molecule has 0 aromatic heterocycles. The lowest BCUT2D eigenvalue weighted by Crippen LogP contribution is -2.47. The van der Waals surface area contributed by atoms with E-state index >= 15 is 0 Å². The van der Waals surface area contributed by atoms with E-state index in [0.717, 1.165) is 45.7 Å². The van der Waals surface area contributed by atoms with E-state index in [1.807, 2.05) is 45.0 Å². The minimum atomic E-state index is -1.65. The molecule has 0 spiro atoms. The van der Waals surface area contributed by atoms with E-state index in [2.05, 4.69) is 17.2 Å². The minimum absolute atomic E-state index is 0.00333. The summed E-state index contributed by atoms with van der Waals surface area (Å²) in [7, 11) is 1.34. The molecule has 9 heteroatoms. The fourth-order valence-electron chi connectivity index (χ4n) is 6.05. The number of hydrogen-bond acceptors (Lipinski definition) is 8. The smallest absolute Gasteiger partial charge is 0.259 e. The molecule has 1 aliphatic heterocycles. The number of benzene rings is 3. The molecule has 9 nitrogen and oxygen atoms in total. The summed E-state index contributed by atoms with van der Waals surface area (Å²) in [5.74, 6) is 2.08. The van der Waals surface area contributed by atoms with Gasteiger partial charge in [0, 0.05) is 30.5 Å². The largest absolute Gasteiger partial charge is 0.507 e. The molecular weight excluding hydrogens is 562 g/mol. The Kier molecular flexibility index (Phi) is 7.96. The van der Waals surface area contributed by atoms with Crippen LogP contribution in [0.2, 0.25) is 0 Å². The third-order valence-electron chi connectivity index (χ3n) is 8.46. The molecule has 1 aliphatic carbocycles. The maximum atomic E-state index is 13.9. The zero-order valence-corrected chi connectivity index (χ0v) is 25.5. The molecule has 3 aromatic rings. The van der Waals surface area contributed by atoms with E-state index in [4.69, 9.17) is 14.2 Å². The van der Waals surface area contributed by atoms with E-state index < -0.39 is 34.6 Å². The number of amides is 1. The minimum Gasteiger partial charge on any atom is -0.507 e. The number of nitrogens with one attached hydrogen (secondary N) is 1. The van der Waals surface area contributed by atoms with E-state index in [1.54, 1.807) is 0 Å². The number of carbonyl (C=O) groups is 4. The van der Waals surface area contributed by atoms with Gasteiger partial charge in [-0.15, -0.1) is 5.92 Å². The first kappa shape index (κ1) is 30.4. The molecule has 2 N–H and O–H groups in total. The highest BCUT2D eigenvalue weighted by molar-refractivity contribution is 6.27. The summed E-state index contributed by atoms with van der Waals surface area (Å²) in [5, 5.41) is 15.7. The number of methoxy groups -OCH3 is 1. The second kappa shape index (κ2) is 11.5. The van der Waals surface area contributed by atoms with Crippen LogP contribution in [0.5, 0.6) is 23.0 Å². The lowest BCUT2D eigenvalue weighted by molar-refractivity contribution is -0.140. The topological polar surface area (TPSA) is 128 Å². The molecule has 0 saturated heterocycles. The number of carbonyl (C=O) groups excluding carboxylic acids is 4. The van der Waals surface area contributed by atoms with Crippen LogP contribution in [0.15, 0.2) is 42.2 Å². The maximum absolute atomic E-state index is 13.9. The van der Waals surface area contributed by atoms with Crippen LogP contribution in [-0.4, -0.2) is 42.1 Å². The second-order valence-corrected chi connectivity index (χ2v) is 11.0. The van der Waals surface area contributed by atoms with Crippen LogP contribution in [0.4, 0.5) is 0 Å². The number of fused-ring (bicyclic) bond motifs is 4. The molecule has 0 bridgehead atoms. The van der Waals surface area contributed by atoms with Crippen molar-refractivity contribution in [3.8, 4) is 34.8 Å². The van der Waals surface area contributed by atoms with Crippen molar-refractivity contribution in [2.24, 2.45) is 5.92 Å². The summed E-state index contributed by atoms with van der Waals surface area (Å²) in [6.07, 6.45) is 1.84. The number of phenols is 1. The Bertz CT molecular complexity index is 1860. The van der Waals surface area contributed by atoms with Gasteiger partial charge >= 0.3 is 0 Å². The van der Waals surface area contributed by atoms with Crippen LogP contribution in [0.3, 0.4) is 0 Å². The summed E-state index contributed by atoms with van der Waals surface area (Å²) in [5.41, 5.74) is 1.04. The van der Waals surface area contributed by atoms with Gasteiger partial charge in [-0.1, -0.05) is 37.1 Å². The van der Waals surface area contributed by atoms with Gasteiger partial charge in [0.05, 0.1) is 12.7 Å². The van der Waals surface area contributed by atoms with Gasteiger partial charge in [0.1, 0.15) is 52.3 Å². The van der Waals surface area contributed by atoms with Crippen LogP contribution in [0.25, 0.3) is 10.8 Å². The van der Waals surface area contributed by atoms with E-state index in [0.29, 0.717) is 0 Å². The van der Waals surface area contributed by atoms with Gasteiger partial charge in [0.15, 0.2) is 17.3 Å². The van der Waals surface area contributed by atoms with Gasteiger partial charge in [-0.25, -0.2) is 0 Å². The van der Waals surface area contributed by atoms with Crippen molar-refractivity contribution in [3.05, 3.63) is 70.0 Å². The van der Waals surface area contributed by atoms with Gasteiger partial charge in [-0.05, 0) is 49.8 Å². The molecule has 2 aliphatic rings. The van der Waals surface area contributed by atoms with Crippen molar-refractivity contribution in [1.82, 2.24) is 5.32 Å². The van der Waals surface area contributed by atoms with Gasteiger partial charge in [-0.3, -0.25) is 19.2 Å². The van der Waals surface area contributed by atoms with Crippen molar-refractivity contribution in [2.45, 2.75) is 53.0 Å². The van der Waals surface area contributed by atoms with Crippen LogP contribution < -0.4 is 19.5 Å². The normalized spacial score (nSPS) is 18.4. The van der Waals surface area contributed by atoms with Gasteiger partial charge in [-0.2, -0.15) is 0 Å². The Balaban J connectivity index is 1.55. The Morgan fingerprint density at radius 2 is 1.82 bits per heavy atom. The fourth-order valence-corrected chi connectivity index (χ4v) is 6.05. The lowest BCUT2D eigenvalue weighted by atomic mass is 9.67. The van der Waals surface area contributed by atoms with Crippen molar-refractivity contribution >= 4 is 34.0 Å². The molecule has 44 heavy (non-hydrogen) atoms. The van der Waals surface area contributed by atoms with Gasteiger partial charge in [0.2, 0.25) is 0 Å². The highest BCUT2D eigenvalue weighted by Crippen LogP contribution is 2.56. The third kappa shape index (κ3) is 4.67. The monoisotopic (exact) mass is 595 g/mol. The van der Waals surface area contributed by atoms with Crippen LogP contribution in [0, 0.1) is 31.6 Å². The van der Waals surface area contributed by atoms with Crippen molar-refractivity contribution < 1.29 is 38.5 Å². The Hall–Kier alpha value is -5.10. The number of ketones is 3. The Morgan fingerprint density at radius 3 is 2.48 bits per heavy atom. The Morgan fingerprint density at radius 1 is 1.11 bits per heavy atom. The fraction of sp³-hybridized carbons (Fsp3) is 0.314. The van der Waals surface area contributed by atoms with Gasteiger partial charge < -0.3 is 24.6 Å². The summed E-state index contributed by atoms with van der Waals surface area (Å²) < 4.78 is 17.5. The summed E-state index contributed by atoms with van der Waals surface area (Å²) >= 11 is 0. The number of aromatic hydroxyl groups is 1. The first-order valence-electron chi connectivity index (χ1n) is 14.3. The zero-order chi connectivity index (χ0) is 31.9. The van der Waals surface area contributed by atoms with Crippen molar-refractivity contribution in [3.63, 3.8) is 0 Å². The summed E-state index contributed by atoms with van der Waals surface area (Å²) in [4.78, 5) is 52.3. The number of phenolic OH excluding ortho intramolecular Hbond substituents is 1. The number of Topliss-reactive ketones (excluding diaryl/α,β-unsaturated/α-hetero) is 2. The number of rotatable bonds is 7. The molecule has 3 aromatic carbocycles. The van der Waals surface area contributed by atoms with E-state index in [-0.39, 0.29) is 47.3 Å². The van der Waals surface area contributed by atoms with E-state index in [9.17, 15) is 24.3 Å². The quantitative estimate of drug-likeness (QED) is 0.295. The number of ether oxygens (including phenoxy) is 3. The average molecular weight is 596 g/mol. The number of hydrogen-bond donors (Lipinski definition) is 2. The molecule has 1 amide bonds. The average Bonchev–Trinajstić information content (AvgIpc) is 3.29. The van der Waals surface area contributed by atoms with Crippen molar-refractivity contribution in [1.29, 1.82) is 0 Å². The lowest BCUT2D eigenvalue weighted by Gasteiger charge is -2.30. The molecule has 5 rings (SSSR count). The molecular formula is C35H33NO8. The molecule has 1 unspecified atom stereocenters.